The summed E-state index contributed by atoms with van der Waals surface area (Å²) in [6.07, 6.45) is 1.54. The second kappa shape index (κ2) is 4.88. The molecule has 17 heavy (non-hydrogen) atoms. The van der Waals surface area contributed by atoms with E-state index in [1.165, 1.54) is 18.3 Å². The fourth-order valence-corrected chi connectivity index (χ4v) is 1.37. The largest absolute Gasteiger partial charge is 0.437 e. The van der Waals surface area contributed by atoms with Crippen LogP contribution in [0.25, 0.3) is 0 Å². The fourth-order valence-electron chi connectivity index (χ4n) is 1.37. The topological polar surface area (TPSA) is 61.0 Å². The molecule has 0 saturated heterocycles. The minimum Gasteiger partial charge on any atom is -0.437 e. The lowest BCUT2D eigenvalue weighted by molar-refractivity contribution is 0.441. The van der Waals surface area contributed by atoms with E-state index in [1.54, 1.807) is 12.1 Å². The maximum Gasteiger partial charge on any atom is 0.243 e. The van der Waals surface area contributed by atoms with Crippen LogP contribution in [0.4, 0.5) is 4.39 Å². The number of hydrogen-bond acceptors (Lipinski definition) is 4. The van der Waals surface area contributed by atoms with Crippen molar-refractivity contribution in [2.75, 3.05) is 0 Å². The minimum atomic E-state index is -0.358. The highest BCUT2D eigenvalue weighted by Crippen LogP contribution is 2.25. The fraction of sp³-hybridized carbons (Fsp3) is 0.167. The Morgan fingerprint density at radius 3 is 2.94 bits per heavy atom. The highest BCUT2D eigenvalue weighted by Gasteiger charge is 2.08. The van der Waals surface area contributed by atoms with Gasteiger partial charge in [-0.05, 0) is 24.6 Å². The van der Waals surface area contributed by atoms with Crippen LogP contribution in [-0.4, -0.2) is 10.2 Å². The van der Waals surface area contributed by atoms with Crippen molar-refractivity contribution in [3.05, 3.63) is 47.4 Å². The van der Waals surface area contributed by atoms with E-state index in [1.807, 2.05) is 6.92 Å². The van der Waals surface area contributed by atoms with Gasteiger partial charge in [0, 0.05) is 18.2 Å². The van der Waals surface area contributed by atoms with Gasteiger partial charge in [-0.2, -0.15) is 5.10 Å². The molecular weight excluding hydrogens is 221 g/mol. The lowest BCUT2D eigenvalue weighted by Crippen LogP contribution is -2.02. The van der Waals surface area contributed by atoms with Gasteiger partial charge in [0.2, 0.25) is 5.88 Å². The number of aryl methyl sites for hydroxylation is 1. The van der Waals surface area contributed by atoms with Crippen molar-refractivity contribution in [3.8, 4) is 11.6 Å². The van der Waals surface area contributed by atoms with Gasteiger partial charge in [-0.1, -0.05) is 6.07 Å². The van der Waals surface area contributed by atoms with Gasteiger partial charge < -0.3 is 10.5 Å². The molecule has 0 aliphatic heterocycles. The van der Waals surface area contributed by atoms with Crippen LogP contribution in [-0.2, 0) is 6.54 Å². The quantitative estimate of drug-likeness (QED) is 0.882. The molecular formula is C12H12FN3O. The van der Waals surface area contributed by atoms with Crippen LogP contribution in [0, 0.1) is 12.7 Å². The van der Waals surface area contributed by atoms with Gasteiger partial charge in [-0.25, -0.2) is 4.39 Å². The molecule has 0 atom stereocenters. The van der Waals surface area contributed by atoms with Crippen LogP contribution in [0.15, 0.2) is 30.5 Å². The Balaban J connectivity index is 2.34. The summed E-state index contributed by atoms with van der Waals surface area (Å²) in [7, 11) is 0. The molecule has 4 nitrogen and oxygen atoms in total. The smallest absolute Gasteiger partial charge is 0.243 e. The highest BCUT2D eigenvalue weighted by atomic mass is 19.1. The van der Waals surface area contributed by atoms with Crippen molar-refractivity contribution in [2.45, 2.75) is 13.5 Å². The van der Waals surface area contributed by atoms with Crippen molar-refractivity contribution in [2.24, 2.45) is 5.73 Å². The predicted octanol–water partition coefficient (Wildman–Crippen LogP) is 2.18. The standard InChI is InChI=1S/C12H12FN3O/c1-8-2-3-10(13)6-11(8)17-12-9(7-14)4-5-15-16-12/h2-6H,7,14H2,1H3. The second-order valence-corrected chi connectivity index (χ2v) is 3.58. The van der Waals surface area contributed by atoms with Crippen LogP contribution in [0.3, 0.4) is 0 Å². The van der Waals surface area contributed by atoms with Crippen LogP contribution < -0.4 is 10.5 Å². The zero-order valence-electron chi connectivity index (χ0n) is 9.35. The van der Waals surface area contributed by atoms with Crippen molar-refractivity contribution < 1.29 is 9.13 Å². The summed E-state index contributed by atoms with van der Waals surface area (Å²) < 4.78 is 18.6. The number of aromatic nitrogens is 2. The molecule has 1 aromatic heterocycles. The van der Waals surface area contributed by atoms with Gasteiger partial charge in [0.05, 0.1) is 6.20 Å². The van der Waals surface area contributed by atoms with E-state index in [0.717, 1.165) is 11.1 Å². The Morgan fingerprint density at radius 1 is 1.35 bits per heavy atom. The van der Waals surface area contributed by atoms with E-state index in [4.69, 9.17) is 10.5 Å². The zero-order valence-corrected chi connectivity index (χ0v) is 9.35. The summed E-state index contributed by atoms with van der Waals surface area (Å²) in [5, 5.41) is 7.56. The van der Waals surface area contributed by atoms with Crippen molar-refractivity contribution >= 4 is 0 Å². The molecule has 88 valence electrons. The Hall–Kier alpha value is -2.01. The first-order valence-electron chi connectivity index (χ1n) is 5.15. The molecule has 0 bridgehead atoms. The maximum absolute atomic E-state index is 13.1. The van der Waals surface area contributed by atoms with Crippen LogP contribution >= 0.6 is 0 Å². The molecule has 2 rings (SSSR count). The van der Waals surface area contributed by atoms with E-state index >= 15 is 0 Å². The average molecular weight is 233 g/mol. The molecule has 0 aliphatic carbocycles. The Labute approximate surface area is 98.2 Å². The highest BCUT2D eigenvalue weighted by molar-refractivity contribution is 5.37. The van der Waals surface area contributed by atoms with Crippen molar-refractivity contribution in [1.29, 1.82) is 0 Å². The van der Waals surface area contributed by atoms with E-state index in [-0.39, 0.29) is 5.82 Å². The Kier molecular flexibility index (Phi) is 3.30. The monoisotopic (exact) mass is 233 g/mol. The molecule has 0 spiro atoms. The molecule has 0 aliphatic rings. The van der Waals surface area contributed by atoms with E-state index in [0.29, 0.717) is 18.2 Å². The predicted molar refractivity (Wildman–Crippen MR) is 61.1 cm³/mol. The SMILES string of the molecule is Cc1ccc(F)cc1Oc1nnccc1CN. The van der Waals surface area contributed by atoms with Crippen LogP contribution in [0.5, 0.6) is 11.6 Å². The van der Waals surface area contributed by atoms with Crippen LogP contribution in [0.1, 0.15) is 11.1 Å². The third-order valence-electron chi connectivity index (χ3n) is 2.34. The first-order chi connectivity index (χ1) is 8.20. The third kappa shape index (κ3) is 2.57. The van der Waals surface area contributed by atoms with E-state index in [9.17, 15) is 4.39 Å². The number of halogens is 1. The van der Waals surface area contributed by atoms with E-state index in [2.05, 4.69) is 10.2 Å². The number of hydrogen-bond donors (Lipinski definition) is 1. The van der Waals surface area contributed by atoms with Gasteiger partial charge in [-0.15, -0.1) is 5.10 Å². The number of benzene rings is 1. The zero-order chi connectivity index (χ0) is 12.3. The third-order valence-corrected chi connectivity index (χ3v) is 2.34. The second-order valence-electron chi connectivity index (χ2n) is 3.58. The lowest BCUT2D eigenvalue weighted by Gasteiger charge is -2.09. The summed E-state index contributed by atoms with van der Waals surface area (Å²) in [6, 6.07) is 6.05. The summed E-state index contributed by atoms with van der Waals surface area (Å²) in [5.74, 6) is 0.368. The van der Waals surface area contributed by atoms with Gasteiger partial charge in [0.1, 0.15) is 11.6 Å². The van der Waals surface area contributed by atoms with Crippen LogP contribution in [0.2, 0.25) is 0 Å². The lowest BCUT2D eigenvalue weighted by atomic mass is 10.2. The minimum absolute atomic E-state index is 0.291. The number of nitrogens with zero attached hydrogens (tertiary/aromatic N) is 2. The van der Waals surface area contributed by atoms with Gasteiger partial charge in [0.25, 0.3) is 0 Å². The molecule has 2 aromatic rings. The van der Waals surface area contributed by atoms with Crippen molar-refractivity contribution in [1.82, 2.24) is 10.2 Å². The molecule has 5 heteroatoms. The molecule has 0 radical (unpaired) electrons. The molecule has 2 N–H and O–H groups in total. The summed E-state index contributed by atoms with van der Waals surface area (Å²) in [5.41, 5.74) is 7.10. The molecule has 1 aromatic carbocycles. The van der Waals surface area contributed by atoms with Gasteiger partial charge >= 0.3 is 0 Å². The maximum atomic E-state index is 13.1. The first-order valence-corrected chi connectivity index (χ1v) is 5.15. The van der Waals surface area contributed by atoms with Gasteiger partial charge in [0.15, 0.2) is 0 Å². The number of rotatable bonds is 3. The van der Waals surface area contributed by atoms with Crippen molar-refractivity contribution in [3.63, 3.8) is 0 Å². The Bertz CT molecular complexity index is 531. The molecule has 0 amide bonds. The Morgan fingerprint density at radius 2 is 2.18 bits per heavy atom. The normalized spacial score (nSPS) is 10.3. The number of ether oxygens (including phenoxy) is 1. The number of nitrogens with two attached hydrogens (primary N) is 1. The molecule has 0 saturated carbocycles. The molecule has 1 heterocycles. The average Bonchev–Trinajstić information content (AvgIpc) is 2.34. The van der Waals surface area contributed by atoms with E-state index < -0.39 is 0 Å². The van der Waals surface area contributed by atoms with Gasteiger partial charge in [-0.3, -0.25) is 0 Å². The summed E-state index contributed by atoms with van der Waals surface area (Å²) in [4.78, 5) is 0. The first kappa shape index (κ1) is 11.5. The molecule has 0 fully saturated rings. The summed E-state index contributed by atoms with van der Waals surface area (Å²) in [6.45, 7) is 2.12. The summed E-state index contributed by atoms with van der Waals surface area (Å²) >= 11 is 0. The molecule has 0 unspecified atom stereocenters.